The summed E-state index contributed by atoms with van der Waals surface area (Å²) in [6, 6.07) is 29.0. The van der Waals surface area contributed by atoms with Crippen molar-refractivity contribution in [2.45, 2.75) is 24.9 Å². The van der Waals surface area contributed by atoms with Crippen LogP contribution in [-0.4, -0.2) is 30.3 Å². The third-order valence-electron chi connectivity index (χ3n) is 5.45. The molecule has 0 unspecified atom stereocenters. The van der Waals surface area contributed by atoms with Crippen LogP contribution in [0.1, 0.15) is 28.4 Å². The molecule has 3 aromatic carbocycles. The molecule has 0 bridgehead atoms. The predicted molar refractivity (Wildman–Crippen MR) is 139 cm³/mol. The number of anilines is 2. The molecule has 0 saturated carbocycles. The Labute approximate surface area is 211 Å². The van der Waals surface area contributed by atoms with Crippen molar-refractivity contribution in [1.29, 1.82) is 0 Å². The predicted octanol–water partition coefficient (Wildman–Crippen LogP) is 5.39. The van der Waals surface area contributed by atoms with Crippen LogP contribution >= 0.6 is 0 Å². The van der Waals surface area contributed by atoms with E-state index in [2.05, 4.69) is 10.3 Å². The van der Waals surface area contributed by atoms with Gasteiger partial charge in [0.05, 0.1) is 12.2 Å². The maximum Gasteiger partial charge on any atom is 0.338 e. The number of carbonyl (C=O) groups excluding carboxylic acids is 1. The van der Waals surface area contributed by atoms with E-state index in [1.807, 2.05) is 60.7 Å². The molecule has 4 aromatic rings. The van der Waals surface area contributed by atoms with Crippen LogP contribution in [0.5, 0.6) is 0 Å². The molecule has 184 valence electrons. The lowest BCUT2D eigenvalue weighted by molar-refractivity contribution is 0.0526. The molecular formula is C28H27N3O4S. The van der Waals surface area contributed by atoms with E-state index in [-0.39, 0.29) is 24.0 Å². The highest BCUT2D eigenvalue weighted by atomic mass is 32.2. The van der Waals surface area contributed by atoms with Gasteiger partial charge in [-0.3, -0.25) is 0 Å². The minimum absolute atomic E-state index is 0.109. The van der Waals surface area contributed by atoms with Crippen LogP contribution in [0.15, 0.2) is 108 Å². The number of rotatable bonds is 10. The fourth-order valence-corrected chi connectivity index (χ4v) is 4.97. The van der Waals surface area contributed by atoms with Gasteiger partial charge in [-0.25, -0.2) is 18.2 Å². The number of nitrogens with one attached hydrogen (secondary N) is 1. The second-order valence-electron chi connectivity index (χ2n) is 8.05. The third kappa shape index (κ3) is 6.35. The molecule has 8 heteroatoms. The van der Waals surface area contributed by atoms with Gasteiger partial charge in [-0.05, 0) is 54.4 Å². The minimum atomic E-state index is -3.82. The first-order valence-electron chi connectivity index (χ1n) is 11.5. The van der Waals surface area contributed by atoms with E-state index in [0.29, 0.717) is 23.7 Å². The number of ether oxygens (including phenoxy) is 1. The standard InChI is InChI=1S/C28H27N3O4S/c1-2-35-28(32)24-13-15-25(16-14-24)30-27-18-17-26(19-29-27)36(33,34)31(20-22-9-5-3-6-10-22)21-23-11-7-4-8-12-23/h3-19H,2,20-21H2,1H3,(H,29,30). The summed E-state index contributed by atoms with van der Waals surface area (Å²) in [6.45, 7) is 2.55. The molecule has 7 nitrogen and oxygen atoms in total. The Morgan fingerprint density at radius 3 is 1.92 bits per heavy atom. The zero-order valence-corrected chi connectivity index (χ0v) is 20.7. The molecule has 0 saturated heterocycles. The summed E-state index contributed by atoms with van der Waals surface area (Å²) in [7, 11) is -3.82. The quantitative estimate of drug-likeness (QED) is 0.293. The SMILES string of the molecule is CCOC(=O)c1ccc(Nc2ccc(S(=O)(=O)N(Cc3ccccc3)Cc3ccccc3)cn2)cc1. The molecule has 0 atom stereocenters. The van der Waals surface area contributed by atoms with E-state index in [9.17, 15) is 13.2 Å². The molecule has 0 aliphatic carbocycles. The molecular weight excluding hydrogens is 474 g/mol. The Hall–Kier alpha value is -4.01. The molecule has 0 aliphatic rings. The zero-order valence-electron chi connectivity index (χ0n) is 19.9. The highest BCUT2D eigenvalue weighted by Gasteiger charge is 2.25. The van der Waals surface area contributed by atoms with Gasteiger partial charge in [0, 0.05) is 25.0 Å². The van der Waals surface area contributed by atoms with E-state index < -0.39 is 10.0 Å². The van der Waals surface area contributed by atoms with Gasteiger partial charge in [-0.2, -0.15) is 4.31 Å². The minimum Gasteiger partial charge on any atom is -0.462 e. The third-order valence-corrected chi connectivity index (χ3v) is 7.22. The summed E-state index contributed by atoms with van der Waals surface area (Å²) >= 11 is 0. The van der Waals surface area contributed by atoms with Gasteiger partial charge in [0.2, 0.25) is 10.0 Å². The lowest BCUT2D eigenvalue weighted by Gasteiger charge is -2.22. The molecule has 0 spiro atoms. The summed E-state index contributed by atoms with van der Waals surface area (Å²) in [5.41, 5.74) is 2.96. The van der Waals surface area contributed by atoms with E-state index in [4.69, 9.17) is 4.74 Å². The van der Waals surface area contributed by atoms with Crippen LogP contribution in [0.25, 0.3) is 0 Å². The molecule has 1 heterocycles. The molecule has 4 rings (SSSR count). The van der Waals surface area contributed by atoms with Gasteiger partial charge in [-0.15, -0.1) is 0 Å². The number of hydrogen-bond acceptors (Lipinski definition) is 6. The van der Waals surface area contributed by atoms with E-state index >= 15 is 0 Å². The van der Waals surface area contributed by atoms with Crippen molar-refractivity contribution in [1.82, 2.24) is 9.29 Å². The average molecular weight is 502 g/mol. The van der Waals surface area contributed by atoms with E-state index in [1.54, 1.807) is 43.3 Å². The van der Waals surface area contributed by atoms with Crippen molar-refractivity contribution in [2.75, 3.05) is 11.9 Å². The lowest BCUT2D eigenvalue weighted by Crippen LogP contribution is -2.30. The topological polar surface area (TPSA) is 88.6 Å². The first-order valence-corrected chi connectivity index (χ1v) is 13.0. The number of sulfonamides is 1. The summed E-state index contributed by atoms with van der Waals surface area (Å²) in [5, 5.41) is 3.12. The van der Waals surface area contributed by atoms with E-state index in [0.717, 1.165) is 11.1 Å². The van der Waals surface area contributed by atoms with Crippen LogP contribution in [0.4, 0.5) is 11.5 Å². The van der Waals surface area contributed by atoms with Gasteiger partial charge >= 0.3 is 5.97 Å². The van der Waals surface area contributed by atoms with Gasteiger partial charge in [0.15, 0.2) is 0 Å². The lowest BCUT2D eigenvalue weighted by atomic mass is 10.2. The molecule has 36 heavy (non-hydrogen) atoms. The summed E-state index contributed by atoms with van der Waals surface area (Å²) in [6.07, 6.45) is 1.35. The van der Waals surface area contributed by atoms with Gasteiger partial charge in [0.25, 0.3) is 0 Å². The van der Waals surface area contributed by atoms with Crippen LogP contribution in [0.3, 0.4) is 0 Å². The smallest absolute Gasteiger partial charge is 0.338 e. The largest absolute Gasteiger partial charge is 0.462 e. The second kappa shape index (κ2) is 11.6. The van der Waals surface area contributed by atoms with Crippen LogP contribution < -0.4 is 5.32 Å². The maximum atomic E-state index is 13.6. The van der Waals surface area contributed by atoms with Crippen molar-refractivity contribution in [3.05, 3.63) is 120 Å². The number of carbonyl (C=O) groups is 1. The number of pyridine rings is 1. The van der Waals surface area contributed by atoms with Crippen molar-refractivity contribution in [2.24, 2.45) is 0 Å². The van der Waals surface area contributed by atoms with Crippen molar-refractivity contribution < 1.29 is 17.9 Å². The van der Waals surface area contributed by atoms with Crippen LogP contribution in [0.2, 0.25) is 0 Å². The Bertz CT molecular complexity index is 1340. The molecule has 0 aliphatic heterocycles. The highest BCUT2D eigenvalue weighted by molar-refractivity contribution is 7.89. The average Bonchev–Trinajstić information content (AvgIpc) is 2.90. The number of nitrogens with zero attached hydrogens (tertiary/aromatic N) is 2. The molecule has 0 amide bonds. The van der Waals surface area contributed by atoms with Crippen molar-refractivity contribution in [3.8, 4) is 0 Å². The first-order chi connectivity index (χ1) is 17.5. The monoisotopic (exact) mass is 501 g/mol. The highest BCUT2D eigenvalue weighted by Crippen LogP contribution is 2.23. The number of aromatic nitrogens is 1. The number of hydrogen-bond donors (Lipinski definition) is 1. The molecule has 0 radical (unpaired) electrons. The Kier molecular flexibility index (Phi) is 8.10. The number of benzene rings is 3. The summed E-state index contributed by atoms with van der Waals surface area (Å²) in [5.74, 6) is 0.0998. The summed E-state index contributed by atoms with van der Waals surface area (Å²) in [4.78, 5) is 16.2. The van der Waals surface area contributed by atoms with Gasteiger partial charge < -0.3 is 10.1 Å². The van der Waals surface area contributed by atoms with Crippen LogP contribution in [0, 0.1) is 0 Å². The fraction of sp³-hybridized carbons (Fsp3) is 0.143. The molecule has 1 N–H and O–H groups in total. The fourth-order valence-electron chi connectivity index (χ4n) is 3.61. The Morgan fingerprint density at radius 2 is 1.42 bits per heavy atom. The maximum absolute atomic E-state index is 13.6. The number of esters is 1. The van der Waals surface area contributed by atoms with E-state index in [1.165, 1.54) is 10.5 Å². The van der Waals surface area contributed by atoms with Gasteiger partial charge in [-0.1, -0.05) is 60.7 Å². The molecule has 1 aromatic heterocycles. The van der Waals surface area contributed by atoms with Crippen molar-refractivity contribution in [3.63, 3.8) is 0 Å². The van der Waals surface area contributed by atoms with Crippen LogP contribution in [-0.2, 0) is 27.8 Å². The zero-order chi connectivity index (χ0) is 25.4. The Balaban J connectivity index is 1.52. The molecule has 0 fully saturated rings. The Morgan fingerprint density at radius 1 is 0.833 bits per heavy atom. The second-order valence-corrected chi connectivity index (χ2v) is 9.98. The first kappa shape index (κ1) is 25.1. The van der Waals surface area contributed by atoms with Gasteiger partial charge in [0.1, 0.15) is 10.7 Å². The summed E-state index contributed by atoms with van der Waals surface area (Å²) < 4.78 is 33.6. The van der Waals surface area contributed by atoms with Crippen molar-refractivity contribution >= 4 is 27.5 Å². The normalized spacial score (nSPS) is 11.3.